The molecule has 6 heteroatoms. The van der Waals surface area contributed by atoms with Crippen molar-refractivity contribution in [2.45, 2.75) is 32.0 Å². The summed E-state index contributed by atoms with van der Waals surface area (Å²) < 4.78 is 11.7. The number of amides is 1. The zero-order valence-corrected chi connectivity index (χ0v) is 20.4. The highest BCUT2D eigenvalue weighted by Crippen LogP contribution is 2.40. The number of anilines is 1. The molecule has 1 amide bonds. The lowest BCUT2D eigenvalue weighted by Gasteiger charge is -2.35. The van der Waals surface area contributed by atoms with E-state index in [9.17, 15) is 9.90 Å². The molecule has 0 saturated carbocycles. The van der Waals surface area contributed by atoms with Gasteiger partial charge in [0.25, 0.3) is 0 Å². The molecular formula is C29H32N2O4. The van der Waals surface area contributed by atoms with Crippen molar-refractivity contribution in [1.82, 2.24) is 5.32 Å². The van der Waals surface area contributed by atoms with Gasteiger partial charge in [0.15, 0.2) is 11.5 Å². The lowest BCUT2D eigenvalue weighted by molar-refractivity contribution is -0.118. The highest BCUT2D eigenvalue weighted by atomic mass is 16.5. The predicted octanol–water partition coefficient (Wildman–Crippen LogP) is 4.22. The van der Waals surface area contributed by atoms with Gasteiger partial charge in [0.05, 0.1) is 25.8 Å². The number of aliphatic hydroxyl groups is 1. The number of carbonyl (C=O) groups excluding carboxylic acids is 1. The van der Waals surface area contributed by atoms with Gasteiger partial charge in [0.2, 0.25) is 5.91 Å². The van der Waals surface area contributed by atoms with E-state index >= 15 is 0 Å². The summed E-state index contributed by atoms with van der Waals surface area (Å²) in [7, 11) is 3.58. The van der Waals surface area contributed by atoms with E-state index in [1.165, 1.54) is 0 Å². The Kier molecular flexibility index (Phi) is 7.73. The molecule has 0 saturated heterocycles. The monoisotopic (exact) mass is 472 g/mol. The van der Waals surface area contributed by atoms with Gasteiger partial charge < -0.3 is 24.8 Å². The SMILES string of the molecule is COc1cc2c(cc1OCc1ccccc1)C=C(C(=O)N[C@H](CO)Cc1ccccc1)C(C)N2C. The van der Waals surface area contributed by atoms with Crippen LogP contribution >= 0.6 is 0 Å². The van der Waals surface area contributed by atoms with Crippen LogP contribution in [0, 0.1) is 0 Å². The Morgan fingerprint density at radius 3 is 2.31 bits per heavy atom. The van der Waals surface area contributed by atoms with Crippen LogP contribution in [0.4, 0.5) is 5.69 Å². The number of aliphatic hydroxyl groups excluding tert-OH is 1. The molecule has 6 nitrogen and oxygen atoms in total. The molecule has 3 aromatic carbocycles. The lowest BCUT2D eigenvalue weighted by Crippen LogP contribution is -2.45. The summed E-state index contributed by atoms with van der Waals surface area (Å²) in [6.45, 7) is 2.27. The van der Waals surface area contributed by atoms with E-state index in [1.807, 2.05) is 92.8 Å². The van der Waals surface area contributed by atoms with Gasteiger partial charge in [-0.25, -0.2) is 0 Å². The minimum absolute atomic E-state index is 0.136. The van der Waals surface area contributed by atoms with Crippen molar-refractivity contribution in [2.24, 2.45) is 0 Å². The number of rotatable bonds is 9. The van der Waals surface area contributed by atoms with Crippen molar-refractivity contribution >= 4 is 17.7 Å². The Morgan fingerprint density at radius 2 is 1.69 bits per heavy atom. The Hall–Kier alpha value is -3.77. The van der Waals surface area contributed by atoms with Gasteiger partial charge in [-0.3, -0.25) is 4.79 Å². The third-order valence-corrected chi connectivity index (χ3v) is 6.41. The summed E-state index contributed by atoms with van der Waals surface area (Å²) >= 11 is 0. The first-order chi connectivity index (χ1) is 17.0. The number of hydrogen-bond acceptors (Lipinski definition) is 5. The van der Waals surface area contributed by atoms with Gasteiger partial charge >= 0.3 is 0 Å². The Balaban J connectivity index is 1.57. The maximum absolute atomic E-state index is 13.3. The second-order valence-corrected chi connectivity index (χ2v) is 8.77. The summed E-state index contributed by atoms with van der Waals surface area (Å²) in [6, 6.07) is 23.1. The zero-order chi connectivity index (χ0) is 24.8. The van der Waals surface area contributed by atoms with E-state index in [4.69, 9.17) is 9.47 Å². The van der Waals surface area contributed by atoms with E-state index in [1.54, 1.807) is 7.11 Å². The normalized spacial score (nSPS) is 15.6. The van der Waals surface area contributed by atoms with Crippen LogP contribution in [0.15, 0.2) is 78.4 Å². The topological polar surface area (TPSA) is 71.0 Å². The Bertz CT molecular complexity index is 1180. The van der Waals surface area contributed by atoms with Crippen molar-refractivity contribution in [1.29, 1.82) is 0 Å². The molecule has 2 atom stereocenters. The third kappa shape index (κ3) is 5.66. The minimum atomic E-state index is -0.370. The fraction of sp³-hybridized carbons (Fsp3) is 0.276. The maximum Gasteiger partial charge on any atom is 0.249 e. The van der Waals surface area contributed by atoms with Crippen LogP contribution < -0.4 is 19.7 Å². The molecular weight excluding hydrogens is 440 g/mol. The maximum atomic E-state index is 13.3. The number of carbonyl (C=O) groups is 1. The second kappa shape index (κ2) is 11.1. The van der Waals surface area contributed by atoms with Crippen LogP contribution in [0.2, 0.25) is 0 Å². The summed E-state index contributed by atoms with van der Waals surface area (Å²) in [5, 5.41) is 12.9. The standard InChI is InChI=1S/C29H32N2O4/c1-20-25(29(33)30-24(18-32)14-21-10-6-4-7-11-21)15-23-16-28(27(34-3)17-26(23)31(20)2)35-19-22-12-8-5-9-13-22/h4-13,15-17,20,24,32H,14,18-19H2,1-3H3,(H,30,33)/t20?,24-/m0/s1. The van der Waals surface area contributed by atoms with E-state index in [0.29, 0.717) is 30.1 Å². The number of likely N-dealkylation sites (N-methyl/N-ethyl adjacent to an activating group) is 1. The van der Waals surface area contributed by atoms with E-state index in [2.05, 4.69) is 10.2 Å². The Labute approximate surface area is 206 Å². The number of hydrogen-bond donors (Lipinski definition) is 2. The van der Waals surface area contributed by atoms with Crippen LogP contribution in [0.3, 0.4) is 0 Å². The fourth-order valence-electron chi connectivity index (χ4n) is 4.28. The molecule has 0 aliphatic carbocycles. The molecule has 3 aromatic rings. The van der Waals surface area contributed by atoms with E-state index < -0.39 is 0 Å². The molecule has 0 fully saturated rings. The van der Waals surface area contributed by atoms with Crippen LogP contribution in [0.25, 0.3) is 6.08 Å². The van der Waals surface area contributed by atoms with E-state index in [-0.39, 0.29) is 24.6 Å². The lowest BCUT2D eigenvalue weighted by atomic mass is 9.95. The minimum Gasteiger partial charge on any atom is -0.493 e. The number of fused-ring (bicyclic) bond motifs is 1. The smallest absolute Gasteiger partial charge is 0.249 e. The average Bonchev–Trinajstić information content (AvgIpc) is 2.89. The van der Waals surface area contributed by atoms with Gasteiger partial charge in [-0.2, -0.15) is 0 Å². The van der Waals surface area contributed by atoms with Crippen LogP contribution in [-0.4, -0.2) is 43.9 Å². The largest absolute Gasteiger partial charge is 0.493 e. The van der Waals surface area contributed by atoms with Crippen LogP contribution in [0.5, 0.6) is 11.5 Å². The molecule has 0 bridgehead atoms. The first-order valence-corrected chi connectivity index (χ1v) is 11.8. The molecule has 0 radical (unpaired) electrons. The molecule has 1 aliphatic heterocycles. The number of benzene rings is 3. The van der Waals surface area contributed by atoms with Crippen LogP contribution in [0.1, 0.15) is 23.6 Å². The van der Waals surface area contributed by atoms with Gasteiger partial charge in [0.1, 0.15) is 6.61 Å². The third-order valence-electron chi connectivity index (χ3n) is 6.41. The molecule has 1 heterocycles. The number of ether oxygens (including phenoxy) is 2. The quantitative estimate of drug-likeness (QED) is 0.488. The van der Waals surface area contributed by atoms with Crippen molar-refractivity contribution in [3.05, 3.63) is 95.1 Å². The molecule has 182 valence electrons. The highest BCUT2D eigenvalue weighted by molar-refractivity contribution is 6.02. The number of nitrogens with one attached hydrogen (secondary N) is 1. The number of methoxy groups -OCH3 is 1. The van der Waals surface area contributed by atoms with Gasteiger partial charge in [-0.05, 0) is 36.6 Å². The highest BCUT2D eigenvalue weighted by Gasteiger charge is 2.29. The average molecular weight is 473 g/mol. The predicted molar refractivity (Wildman–Crippen MR) is 139 cm³/mol. The molecule has 2 N–H and O–H groups in total. The van der Waals surface area contributed by atoms with Crippen molar-refractivity contribution in [3.8, 4) is 11.5 Å². The second-order valence-electron chi connectivity index (χ2n) is 8.77. The van der Waals surface area contributed by atoms with Gasteiger partial charge in [-0.15, -0.1) is 0 Å². The van der Waals surface area contributed by atoms with E-state index in [0.717, 1.165) is 22.4 Å². The van der Waals surface area contributed by atoms with Gasteiger partial charge in [-0.1, -0.05) is 60.7 Å². The van der Waals surface area contributed by atoms with Gasteiger partial charge in [0, 0.05) is 29.9 Å². The first kappa shape index (κ1) is 24.4. The molecule has 4 rings (SSSR count). The fourth-order valence-corrected chi connectivity index (χ4v) is 4.28. The molecule has 0 aromatic heterocycles. The molecule has 1 unspecified atom stereocenters. The molecule has 35 heavy (non-hydrogen) atoms. The Morgan fingerprint density at radius 1 is 1.03 bits per heavy atom. The summed E-state index contributed by atoms with van der Waals surface area (Å²) in [5.41, 5.74) is 4.59. The zero-order valence-electron chi connectivity index (χ0n) is 20.4. The first-order valence-electron chi connectivity index (χ1n) is 11.8. The van der Waals surface area contributed by atoms with Crippen molar-refractivity contribution < 1.29 is 19.4 Å². The van der Waals surface area contributed by atoms with Crippen LogP contribution in [-0.2, 0) is 17.8 Å². The molecule has 0 spiro atoms. The number of nitrogens with zero attached hydrogens (tertiary/aromatic N) is 1. The summed E-state index contributed by atoms with van der Waals surface area (Å²) in [4.78, 5) is 15.3. The van der Waals surface area contributed by atoms with Crippen molar-refractivity contribution in [2.75, 3.05) is 25.7 Å². The molecule has 1 aliphatic rings. The summed E-state index contributed by atoms with van der Waals surface area (Å²) in [6.07, 6.45) is 2.47. The van der Waals surface area contributed by atoms with Crippen molar-refractivity contribution in [3.63, 3.8) is 0 Å². The summed E-state index contributed by atoms with van der Waals surface area (Å²) in [5.74, 6) is 1.07.